The van der Waals surface area contributed by atoms with Crippen molar-refractivity contribution in [3.05, 3.63) is 17.2 Å². The van der Waals surface area contributed by atoms with Crippen LogP contribution in [0.3, 0.4) is 0 Å². The maximum Gasteiger partial charge on any atom is 0.331 e. The fourth-order valence-electron chi connectivity index (χ4n) is 0.627. The van der Waals surface area contributed by atoms with Crippen molar-refractivity contribution >= 4 is 28.3 Å². The zero-order valence-corrected chi connectivity index (χ0v) is 8.04. The van der Waals surface area contributed by atoms with Gasteiger partial charge in [-0.25, -0.2) is 4.79 Å². The molecular weight excluding hydrogens is 206 g/mol. The summed E-state index contributed by atoms with van der Waals surface area (Å²) in [5.74, 6) is -1.65. The van der Waals surface area contributed by atoms with Crippen molar-refractivity contribution < 1.29 is 14.7 Å². The van der Waals surface area contributed by atoms with Crippen molar-refractivity contribution in [3.8, 4) is 0 Å². The average molecular weight is 213 g/mol. The van der Waals surface area contributed by atoms with E-state index in [0.29, 0.717) is 5.13 Å². The number of aromatic nitrogens is 2. The molecule has 0 bridgehead atoms. The Morgan fingerprint density at radius 3 is 2.86 bits per heavy atom. The monoisotopic (exact) mass is 213 g/mol. The molecule has 1 rings (SSSR count). The molecule has 0 radical (unpaired) electrons. The molecule has 0 fully saturated rings. The summed E-state index contributed by atoms with van der Waals surface area (Å²) in [4.78, 5) is 21.5. The van der Waals surface area contributed by atoms with Gasteiger partial charge in [-0.2, -0.15) is 0 Å². The summed E-state index contributed by atoms with van der Waals surface area (Å²) in [6.07, 6.45) is 0.990. The summed E-state index contributed by atoms with van der Waals surface area (Å²) >= 11 is 1.16. The molecule has 0 atom stereocenters. The molecule has 74 valence electrons. The van der Waals surface area contributed by atoms with E-state index in [1.807, 2.05) is 0 Å². The minimum atomic E-state index is -1.13. The molecule has 0 unspecified atom stereocenters. The van der Waals surface area contributed by atoms with Crippen LogP contribution in [-0.4, -0.2) is 27.2 Å². The number of hydrogen-bond acceptors (Lipinski definition) is 5. The maximum absolute atomic E-state index is 11.1. The zero-order chi connectivity index (χ0) is 10.6. The molecular formula is C7H7N3O3S. The highest BCUT2D eigenvalue weighted by atomic mass is 32.1. The van der Waals surface area contributed by atoms with E-state index >= 15 is 0 Å². The number of anilines is 1. The number of nitrogens with zero attached hydrogens (tertiary/aromatic N) is 2. The largest absolute Gasteiger partial charge is 0.478 e. The predicted molar refractivity (Wildman–Crippen MR) is 49.9 cm³/mol. The van der Waals surface area contributed by atoms with Crippen molar-refractivity contribution in [2.24, 2.45) is 0 Å². The van der Waals surface area contributed by atoms with Crippen LogP contribution in [0.2, 0.25) is 0 Å². The molecule has 0 aliphatic carbocycles. The number of nitrogens with one attached hydrogen (secondary N) is 1. The number of aliphatic carboxylic acids is 1. The maximum atomic E-state index is 11.1. The first-order valence-electron chi connectivity index (χ1n) is 3.58. The van der Waals surface area contributed by atoms with Gasteiger partial charge < -0.3 is 5.11 Å². The Kier molecular flexibility index (Phi) is 3.29. The molecule has 0 spiro atoms. The van der Waals surface area contributed by atoms with Crippen molar-refractivity contribution in [2.75, 3.05) is 5.32 Å². The van der Waals surface area contributed by atoms with Gasteiger partial charge in [-0.1, -0.05) is 11.3 Å². The van der Waals surface area contributed by atoms with Crippen LogP contribution in [0.25, 0.3) is 0 Å². The van der Waals surface area contributed by atoms with Crippen LogP contribution in [0.4, 0.5) is 5.13 Å². The normalized spacial score (nSPS) is 11.1. The van der Waals surface area contributed by atoms with E-state index in [4.69, 9.17) is 5.11 Å². The number of hydrogen-bond donors (Lipinski definition) is 2. The summed E-state index contributed by atoms with van der Waals surface area (Å²) < 4.78 is 0. The number of carbonyl (C=O) groups is 2. The van der Waals surface area contributed by atoms with Gasteiger partial charge in [-0.15, -0.1) is 10.2 Å². The fourth-order valence-corrected chi connectivity index (χ4v) is 1.08. The van der Waals surface area contributed by atoms with Gasteiger partial charge >= 0.3 is 5.97 Å². The molecule has 1 amide bonds. The highest BCUT2D eigenvalue weighted by Crippen LogP contribution is 2.07. The van der Waals surface area contributed by atoms with Gasteiger partial charge in [0.25, 0.3) is 5.91 Å². The topological polar surface area (TPSA) is 92.2 Å². The third kappa shape index (κ3) is 2.94. The molecule has 1 heterocycles. The molecule has 0 aliphatic heterocycles. The van der Waals surface area contributed by atoms with E-state index in [1.165, 1.54) is 12.4 Å². The summed E-state index contributed by atoms with van der Waals surface area (Å²) in [5, 5.41) is 18.3. The Hall–Kier alpha value is -1.76. The Balaban J connectivity index is 2.60. The number of carbonyl (C=O) groups excluding carboxylic acids is 1. The van der Waals surface area contributed by atoms with Crippen LogP contribution < -0.4 is 5.32 Å². The second-order valence-corrected chi connectivity index (χ2v) is 3.20. The molecule has 2 N–H and O–H groups in total. The number of carboxylic acids is 1. The number of rotatable bonds is 3. The molecule has 6 nitrogen and oxygen atoms in total. The second kappa shape index (κ2) is 4.47. The van der Waals surface area contributed by atoms with Gasteiger partial charge in [0.15, 0.2) is 0 Å². The molecule has 0 aromatic carbocycles. The van der Waals surface area contributed by atoms with Gasteiger partial charge in [0.1, 0.15) is 5.51 Å². The molecule has 14 heavy (non-hydrogen) atoms. The van der Waals surface area contributed by atoms with Crippen molar-refractivity contribution in [1.82, 2.24) is 10.2 Å². The van der Waals surface area contributed by atoms with Crippen molar-refractivity contribution in [1.29, 1.82) is 0 Å². The van der Waals surface area contributed by atoms with Crippen molar-refractivity contribution in [2.45, 2.75) is 6.92 Å². The first-order chi connectivity index (χ1) is 6.59. The first kappa shape index (κ1) is 10.3. The van der Waals surface area contributed by atoms with E-state index in [-0.39, 0.29) is 5.57 Å². The van der Waals surface area contributed by atoms with Crippen LogP contribution in [0, 0.1) is 0 Å². The van der Waals surface area contributed by atoms with Crippen LogP contribution in [0.1, 0.15) is 6.92 Å². The van der Waals surface area contributed by atoms with Crippen LogP contribution in [-0.2, 0) is 9.59 Å². The highest BCUT2D eigenvalue weighted by Gasteiger charge is 2.05. The summed E-state index contributed by atoms with van der Waals surface area (Å²) in [5.41, 5.74) is 1.43. The molecule has 1 aromatic rings. The standard InChI is InChI=1S/C7H7N3O3S/c1-4(6(12)13)2-5(11)9-7-10-8-3-14-7/h2-3H,1H3,(H,12,13)(H,9,10,11). The Bertz CT molecular complexity index is 372. The van der Waals surface area contributed by atoms with E-state index in [0.717, 1.165) is 17.4 Å². The number of carboxylic acid groups (broad SMARTS) is 1. The van der Waals surface area contributed by atoms with Crippen LogP contribution in [0.5, 0.6) is 0 Å². The van der Waals surface area contributed by atoms with Gasteiger partial charge in [-0.3, -0.25) is 10.1 Å². The fraction of sp³-hybridized carbons (Fsp3) is 0.143. The summed E-state index contributed by atoms with van der Waals surface area (Å²) in [6, 6.07) is 0. The van der Waals surface area contributed by atoms with Crippen molar-refractivity contribution in [3.63, 3.8) is 0 Å². The lowest BCUT2D eigenvalue weighted by Gasteiger charge is -1.95. The van der Waals surface area contributed by atoms with E-state index in [2.05, 4.69) is 15.5 Å². The molecule has 7 heteroatoms. The Labute approximate surface area is 83.3 Å². The van der Waals surface area contributed by atoms with Gasteiger partial charge in [0, 0.05) is 11.6 Å². The minimum absolute atomic E-state index is 0.0352. The second-order valence-electron chi connectivity index (χ2n) is 2.37. The third-order valence-electron chi connectivity index (χ3n) is 1.28. The Morgan fingerprint density at radius 2 is 2.36 bits per heavy atom. The smallest absolute Gasteiger partial charge is 0.331 e. The first-order valence-corrected chi connectivity index (χ1v) is 4.46. The van der Waals surface area contributed by atoms with E-state index in [1.54, 1.807) is 0 Å². The van der Waals surface area contributed by atoms with Gasteiger partial charge in [-0.05, 0) is 6.92 Å². The lowest BCUT2D eigenvalue weighted by Crippen LogP contribution is -2.10. The van der Waals surface area contributed by atoms with E-state index < -0.39 is 11.9 Å². The average Bonchev–Trinajstić information content (AvgIpc) is 2.56. The van der Waals surface area contributed by atoms with Crippen LogP contribution >= 0.6 is 11.3 Å². The Morgan fingerprint density at radius 1 is 1.64 bits per heavy atom. The summed E-state index contributed by atoms with van der Waals surface area (Å²) in [6.45, 7) is 1.34. The molecule has 0 saturated carbocycles. The van der Waals surface area contributed by atoms with Gasteiger partial charge in [0.05, 0.1) is 0 Å². The van der Waals surface area contributed by atoms with E-state index in [9.17, 15) is 9.59 Å². The molecule has 0 saturated heterocycles. The number of amides is 1. The van der Waals surface area contributed by atoms with Crippen LogP contribution in [0.15, 0.2) is 17.2 Å². The highest BCUT2D eigenvalue weighted by molar-refractivity contribution is 7.13. The SMILES string of the molecule is CC(=CC(=O)Nc1nncs1)C(=O)O. The lowest BCUT2D eigenvalue weighted by atomic mass is 10.3. The summed E-state index contributed by atoms with van der Waals surface area (Å²) in [7, 11) is 0. The zero-order valence-electron chi connectivity index (χ0n) is 7.22. The quantitative estimate of drug-likeness (QED) is 0.713. The predicted octanol–water partition coefficient (Wildman–Crippen LogP) is 0.508. The minimum Gasteiger partial charge on any atom is -0.478 e. The molecule has 0 aliphatic rings. The molecule has 1 aromatic heterocycles. The lowest BCUT2D eigenvalue weighted by molar-refractivity contribution is -0.132. The third-order valence-corrected chi connectivity index (χ3v) is 1.88. The van der Waals surface area contributed by atoms with Gasteiger partial charge in [0.2, 0.25) is 5.13 Å².